The van der Waals surface area contributed by atoms with E-state index in [9.17, 15) is 9.90 Å². The van der Waals surface area contributed by atoms with Crippen molar-refractivity contribution in [3.63, 3.8) is 0 Å². The molecule has 3 unspecified atom stereocenters. The number of carbonyl (C=O) groups is 1. The molecule has 0 radical (unpaired) electrons. The van der Waals surface area contributed by atoms with Crippen LogP contribution in [0.1, 0.15) is 39.0 Å². The molecular weight excluding hydrogens is 272 g/mol. The van der Waals surface area contributed by atoms with Gasteiger partial charge in [-0.05, 0) is 51.2 Å². The van der Waals surface area contributed by atoms with Crippen molar-refractivity contribution in [3.05, 3.63) is 10.4 Å². The van der Waals surface area contributed by atoms with E-state index in [4.69, 9.17) is 10.3 Å². The molecule has 3 atom stereocenters. The minimum absolute atomic E-state index is 0.0186. The number of carbonyl (C=O) groups excluding carboxylic acids is 1. The molecule has 118 valence electrons. The fourth-order valence-electron chi connectivity index (χ4n) is 3.45. The lowest BCUT2D eigenvalue weighted by molar-refractivity contribution is -0.150. The van der Waals surface area contributed by atoms with Crippen LogP contribution in [0, 0.1) is 5.92 Å². The van der Waals surface area contributed by atoms with Gasteiger partial charge in [-0.3, -0.25) is 9.69 Å². The Labute approximate surface area is 124 Å². The molecule has 7 heteroatoms. The number of hydrogen-bond acceptors (Lipinski definition) is 5. The van der Waals surface area contributed by atoms with Gasteiger partial charge in [-0.1, -0.05) is 11.5 Å². The number of hydrogen-bond donors (Lipinski definition) is 1. The molecule has 0 aromatic heterocycles. The Hall–Kier alpha value is -1.30. The molecule has 0 spiro atoms. The van der Waals surface area contributed by atoms with Crippen molar-refractivity contribution < 1.29 is 14.6 Å². The molecule has 1 heterocycles. The number of aliphatic hydroxyl groups excluding tert-OH is 1. The van der Waals surface area contributed by atoms with Gasteiger partial charge in [0.05, 0.1) is 24.7 Å². The Morgan fingerprint density at radius 3 is 2.71 bits per heavy atom. The van der Waals surface area contributed by atoms with Crippen LogP contribution in [0.3, 0.4) is 0 Å². The van der Waals surface area contributed by atoms with Gasteiger partial charge in [0.25, 0.3) is 0 Å². The first-order chi connectivity index (χ1) is 10.2. The van der Waals surface area contributed by atoms with E-state index in [1.807, 2.05) is 6.92 Å². The second kappa shape index (κ2) is 7.64. The highest BCUT2D eigenvalue weighted by Crippen LogP contribution is 2.29. The Bertz CT molecular complexity index is 403. The van der Waals surface area contributed by atoms with Gasteiger partial charge in [-0.15, -0.1) is 0 Å². The maximum atomic E-state index is 11.7. The largest absolute Gasteiger partial charge is 0.466 e. The summed E-state index contributed by atoms with van der Waals surface area (Å²) in [6.45, 7) is 3.82. The van der Waals surface area contributed by atoms with Gasteiger partial charge in [0, 0.05) is 11.0 Å². The molecule has 2 rings (SSSR count). The zero-order valence-corrected chi connectivity index (χ0v) is 12.5. The predicted molar refractivity (Wildman–Crippen MR) is 77.5 cm³/mol. The first kappa shape index (κ1) is 16.1. The molecule has 1 aliphatic carbocycles. The van der Waals surface area contributed by atoms with Crippen LogP contribution in [0.25, 0.3) is 10.4 Å². The van der Waals surface area contributed by atoms with Crippen LogP contribution >= 0.6 is 0 Å². The van der Waals surface area contributed by atoms with Gasteiger partial charge in [-0.25, -0.2) is 0 Å². The molecule has 1 aliphatic heterocycles. The summed E-state index contributed by atoms with van der Waals surface area (Å²) in [5, 5.41) is 14.1. The quantitative estimate of drug-likeness (QED) is 0.370. The number of piperidine rings is 1. The van der Waals surface area contributed by atoms with Crippen LogP contribution in [-0.2, 0) is 9.53 Å². The number of nitrogens with zero attached hydrogens (tertiary/aromatic N) is 4. The van der Waals surface area contributed by atoms with Crippen LogP contribution in [0.5, 0.6) is 0 Å². The molecule has 0 aromatic carbocycles. The maximum absolute atomic E-state index is 11.7. The third kappa shape index (κ3) is 3.87. The van der Waals surface area contributed by atoms with Gasteiger partial charge in [0.1, 0.15) is 0 Å². The minimum atomic E-state index is -0.603. The van der Waals surface area contributed by atoms with Gasteiger partial charge < -0.3 is 9.84 Å². The zero-order chi connectivity index (χ0) is 15.2. The van der Waals surface area contributed by atoms with Crippen molar-refractivity contribution in [1.82, 2.24) is 4.90 Å². The average Bonchev–Trinajstić information content (AvgIpc) is 2.50. The van der Waals surface area contributed by atoms with Gasteiger partial charge in [-0.2, -0.15) is 0 Å². The summed E-state index contributed by atoms with van der Waals surface area (Å²) >= 11 is 0. The van der Waals surface area contributed by atoms with Gasteiger partial charge >= 0.3 is 5.97 Å². The van der Waals surface area contributed by atoms with E-state index in [1.54, 1.807) is 0 Å². The zero-order valence-electron chi connectivity index (χ0n) is 12.5. The minimum Gasteiger partial charge on any atom is -0.466 e. The fourth-order valence-corrected chi connectivity index (χ4v) is 3.45. The molecule has 1 N–H and O–H groups in total. The number of rotatable bonds is 4. The van der Waals surface area contributed by atoms with Gasteiger partial charge in [0.15, 0.2) is 0 Å². The monoisotopic (exact) mass is 296 g/mol. The summed E-state index contributed by atoms with van der Waals surface area (Å²) in [6, 6.07) is -0.283. The summed E-state index contributed by atoms with van der Waals surface area (Å²) < 4.78 is 5.07. The van der Waals surface area contributed by atoms with E-state index >= 15 is 0 Å². The number of ether oxygens (including phenoxy) is 1. The second-order valence-corrected chi connectivity index (χ2v) is 5.82. The lowest BCUT2D eigenvalue weighted by atomic mass is 9.85. The molecule has 0 bridgehead atoms. The summed E-state index contributed by atoms with van der Waals surface area (Å²) in [4.78, 5) is 16.8. The summed E-state index contributed by atoms with van der Waals surface area (Å²) in [5.74, 6) is -0.122. The molecule has 1 saturated heterocycles. The number of esters is 1. The Kier molecular flexibility index (Phi) is 5.85. The van der Waals surface area contributed by atoms with E-state index in [-0.39, 0.29) is 24.0 Å². The highest BCUT2D eigenvalue weighted by atomic mass is 16.5. The normalized spacial score (nSPS) is 31.4. The molecular formula is C14H24N4O3. The van der Waals surface area contributed by atoms with Crippen molar-refractivity contribution in [2.24, 2.45) is 11.0 Å². The summed E-state index contributed by atoms with van der Waals surface area (Å²) in [7, 11) is 0. The highest BCUT2D eigenvalue weighted by Gasteiger charge is 2.37. The standard InChI is InChI=1S/C14H24N4O3/c1-2-21-14(20)10-6-8-18(9-7-10)12-5-3-4-11(13(12)19)16-17-15/h10-13,19H,2-9H2,1H3. The van der Waals surface area contributed by atoms with Crippen molar-refractivity contribution in [3.8, 4) is 0 Å². The molecule has 0 aromatic rings. The van der Waals surface area contributed by atoms with Gasteiger partial charge in [0.2, 0.25) is 0 Å². The lowest BCUT2D eigenvalue weighted by Gasteiger charge is -2.42. The third-order valence-corrected chi connectivity index (χ3v) is 4.61. The van der Waals surface area contributed by atoms with Crippen LogP contribution in [0.4, 0.5) is 0 Å². The summed E-state index contributed by atoms with van der Waals surface area (Å²) in [6.07, 6.45) is 3.57. The Morgan fingerprint density at radius 2 is 2.10 bits per heavy atom. The average molecular weight is 296 g/mol. The highest BCUT2D eigenvalue weighted by molar-refractivity contribution is 5.72. The van der Waals surface area contributed by atoms with E-state index < -0.39 is 6.10 Å². The van der Waals surface area contributed by atoms with E-state index in [2.05, 4.69) is 14.9 Å². The maximum Gasteiger partial charge on any atom is 0.309 e. The third-order valence-electron chi connectivity index (χ3n) is 4.61. The number of azide groups is 1. The lowest BCUT2D eigenvalue weighted by Crippen LogP contribution is -2.53. The number of likely N-dealkylation sites (tertiary alicyclic amines) is 1. The smallest absolute Gasteiger partial charge is 0.309 e. The van der Waals surface area contributed by atoms with E-state index in [0.29, 0.717) is 6.61 Å². The van der Waals surface area contributed by atoms with Crippen molar-refractivity contribution in [1.29, 1.82) is 0 Å². The van der Waals surface area contributed by atoms with E-state index in [1.165, 1.54) is 0 Å². The Balaban J connectivity index is 1.89. The fraction of sp³-hybridized carbons (Fsp3) is 0.929. The predicted octanol–water partition coefficient (Wildman–Crippen LogP) is 1.85. The van der Waals surface area contributed by atoms with E-state index in [0.717, 1.165) is 45.2 Å². The number of aliphatic hydroxyl groups is 1. The molecule has 7 nitrogen and oxygen atoms in total. The molecule has 2 fully saturated rings. The molecule has 2 aliphatic rings. The van der Waals surface area contributed by atoms with Crippen LogP contribution in [0.15, 0.2) is 5.11 Å². The summed E-state index contributed by atoms with van der Waals surface area (Å²) in [5.41, 5.74) is 8.56. The first-order valence-electron chi connectivity index (χ1n) is 7.80. The van der Waals surface area contributed by atoms with Crippen molar-refractivity contribution in [2.75, 3.05) is 19.7 Å². The SMILES string of the molecule is CCOC(=O)C1CCN(C2CCCC(N=[N+]=[N-])C2O)CC1. The second-order valence-electron chi connectivity index (χ2n) is 5.82. The van der Waals surface area contributed by atoms with Crippen LogP contribution in [0.2, 0.25) is 0 Å². The Morgan fingerprint density at radius 1 is 1.38 bits per heavy atom. The van der Waals surface area contributed by atoms with Crippen molar-refractivity contribution >= 4 is 5.97 Å². The molecule has 21 heavy (non-hydrogen) atoms. The first-order valence-corrected chi connectivity index (χ1v) is 7.80. The molecule has 0 amide bonds. The van der Waals surface area contributed by atoms with Crippen LogP contribution in [-0.4, -0.2) is 53.9 Å². The van der Waals surface area contributed by atoms with Crippen LogP contribution < -0.4 is 0 Å². The van der Waals surface area contributed by atoms with Crippen molar-refractivity contribution in [2.45, 2.75) is 57.2 Å². The molecule has 1 saturated carbocycles. The topological polar surface area (TPSA) is 98.5 Å².